The largest absolute Gasteiger partial charge is 0.135 e. The highest BCUT2D eigenvalue weighted by Crippen LogP contribution is 2.47. The number of thiophene rings is 1. The molecule has 2 aromatic carbocycles. The lowest BCUT2D eigenvalue weighted by Gasteiger charge is -2.20. The minimum atomic E-state index is 0.217. The van der Waals surface area contributed by atoms with Crippen LogP contribution in [0.4, 0.5) is 0 Å². The third-order valence-corrected chi connectivity index (χ3v) is 5.53. The minimum absolute atomic E-state index is 0.217. The van der Waals surface area contributed by atoms with Crippen molar-refractivity contribution in [3.8, 4) is 10.4 Å². The minimum Gasteiger partial charge on any atom is -0.135 e. The van der Waals surface area contributed by atoms with Crippen LogP contribution in [0.5, 0.6) is 0 Å². The van der Waals surface area contributed by atoms with Gasteiger partial charge in [-0.3, -0.25) is 0 Å². The van der Waals surface area contributed by atoms with E-state index in [1.807, 2.05) is 11.3 Å². The van der Waals surface area contributed by atoms with Crippen LogP contribution in [0.2, 0.25) is 0 Å². The highest BCUT2D eigenvalue weighted by atomic mass is 32.1. The van der Waals surface area contributed by atoms with Crippen LogP contribution in [0.15, 0.2) is 42.5 Å². The van der Waals surface area contributed by atoms with Crippen molar-refractivity contribution in [3.63, 3.8) is 0 Å². The summed E-state index contributed by atoms with van der Waals surface area (Å²) in [5, 5.41) is 1.45. The Bertz CT molecular complexity index is 815. The Labute approximate surface area is 124 Å². The number of hydrogen-bond acceptors (Lipinski definition) is 1. The van der Waals surface area contributed by atoms with Crippen LogP contribution in [0, 0.1) is 0 Å². The zero-order valence-corrected chi connectivity index (χ0v) is 13.0. The molecule has 0 radical (unpaired) electrons. The number of hydrogen-bond donors (Lipinski definition) is 0. The summed E-state index contributed by atoms with van der Waals surface area (Å²) < 4.78 is 1.42. The molecule has 0 atom stereocenters. The first-order chi connectivity index (χ1) is 9.54. The molecular weight excluding hydrogens is 260 g/mol. The van der Waals surface area contributed by atoms with Crippen LogP contribution in [0.25, 0.3) is 20.5 Å². The van der Waals surface area contributed by atoms with Gasteiger partial charge < -0.3 is 0 Å². The van der Waals surface area contributed by atoms with Gasteiger partial charge in [-0.2, -0.15) is 0 Å². The molecule has 3 aromatic rings. The number of fused-ring (bicyclic) bond motifs is 5. The summed E-state index contributed by atoms with van der Waals surface area (Å²) in [5.74, 6) is 0. The molecule has 20 heavy (non-hydrogen) atoms. The van der Waals surface area contributed by atoms with Crippen molar-refractivity contribution in [2.75, 3.05) is 0 Å². The van der Waals surface area contributed by atoms with Gasteiger partial charge in [0.2, 0.25) is 0 Å². The quantitative estimate of drug-likeness (QED) is 0.383. The van der Waals surface area contributed by atoms with Crippen LogP contribution in [0.1, 0.15) is 37.5 Å². The van der Waals surface area contributed by atoms with Crippen molar-refractivity contribution in [3.05, 3.63) is 59.2 Å². The van der Waals surface area contributed by atoms with Gasteiger partial charge in [-0.1, -0.05) is 51.1 Å². The van der Waals surface area contributed by atoms with Crippen molar-refractivity contribution in [1.82, 2.24) is 0 Å². The molecule has 0 saturated carbocycles. The smallest absolute Gasteiger partial charge is 0.0393 e. The van der Waals surface area contributed by atoms with E-state index in [4.69, 9.17) is 0 Å². The van der Waals surface area contributed by atoms with Crippen LogP contribution in [-0.4, -0.2) is 0 Å². The summed E-state index contributed by atoms with van der Waals surface area (Å²) in [5.41, 5.74) is 6.14. The molecule has 100 valence electrons. The highest BCUT2D eigenvalue weighted by molar-refractivity contribution is 7.22. The summed E-state index contributed by atoms with van der Waals surface area (Å²) >= 11 is 1.95. The van der Waals surface area contributed by atoms with Gasteiger partial charge in [0.1, 0.15) is 0 Å². The van der Waals surface area contributed by atoms with Gasteiger partial charge in [-0.25, -0.2) is 0 Å². The van der Waals surface area contributed by atoms with Gasteiger partial charge >= 0.3 is 0 Å². The predicted octanol–water partition coefficient (Wildman–Crippen LogP) is 5.77. The lowest BCUT2D eigenvalue weighted by Crippen LogP contribution is -2.10. The summed E-state index contributed by atoms with van der Waals surface area (Å²) in [6, 6.07) is 15.8. The SMILES string of the molecule is CC(C)(C)c1ccc2c(c1)-c1sc3ccccc3c1C2. The van der Waals surface area contributed by atoms with E-state index in [-0.39, 0.29) is 5.41 Å². The van der Waals surface area contributed by atoms with Crippen molar-refractivity contribution in [2.45, 2.75) is 32.6 Å². The average Bonchev–Trinajstić information content (AvgIpc) is 2.93. The fourth-order valence-corrected chi connectivity index (χ4v) is 4.36. The Morgan fingerprint density at radius 3 is 2.60 bits per heavy atom. The molecule has 1 heteroatoms. The fourth-order valence-electron chi connectivity index (χ4n) is 3.09. The molecule has 0 bridgehead atoms. The molecule has 0 N–H and O–H groups in total. The maximum atomic E-state index is 2.41. The van der Waals surface area contributed by atoms with E-state index in [2.05, 4.69) is 63.2 Å². The predicted molar refractivity (Wildman–Crippen MR) is 88.8 cm³/mol. The Kier molecular flexibility index (Phi) is 2.41. The lowest BCUT2D eigenvalue weighted by atomic mass is 9.85. The van der Waals surface area contributed by atoms with E-state index in [1.54, 1.807) is 0 Å². The second-order valence-electron chi connectivity index (χ2n) is 6.70. The zero-order valence-electron chi connectivity index (χ0n) is 12.2. The van der Waals surface area contributed by atoms with Crippen molar-refractivity contribution < 1.29 is 0 Å². The van der Waals surface area contributed by atoms with Gasteiger partial charge in [0.15, 0.2) is 0 Å². The van der Waals surface area contributed by atoms with Crippen molar-refractivity contribution in [1.29, 1.82) is 0 Å². The highest BCUT2D eigenvalue weighted by Gasteiger charge is 2.25. The second kappa shape index (κ2) is 3.95. The summed E-state index contributed by atoms with van der Waals surface area (Å²) in [4.78, 5) is 1.49. The van der Waals surface area contributed by atoms with Crippen LogP contribution in [-0.2, 0) is 11.8 Å². The van der Waals surface area contributed by atoms with Gasteiger partial charge in [0.25, 0.3) is 0 Å². The molecule has 1 heterocycles. The fraction of sp³-hybridized carbons (Fsp3) is 0.263. The zero-order chi connectivity index (χ0) is 13.9. The third-order valence-electron chi connectivity index (χ3n) is 4.29. The molecule has 0 fully saturated rings. The van der Waals surface area contributed by atoms with Gasteiger partial charge in [-0.05, 0) is 45.2 Å². The average molecular weight is 278 g/mol. The van der Waals surface area contributed by atoms with Crippen LogP contribution in [0.3, 0.4) is 0 Å². The van der Waals surface area contributed by atoms with Gasteiger partial charge in [-0.15, -0.1) is 11.3 Å². The lowest BCUT2D eigenvalue weighted by molar-refractivity contribution is 0.590. The normalized spacial score (nSPS) is 13.6. The second-order valence-corrected chi connectivity index (χ2v) is 7.76. The number of rotatable bonds is 0. The molecule has 1 aliphatic rings. The molecular formula is C19H18S. The van der Waals surface area contributed by atoms with E-state index >= 15 is 0 Å². The first-order valence-electron chi connectivity index (χ1n) is 7.18. The van der Waals surface area contributed by atoms with Crippen LogP contribution < -0.4 is 0 Å². The summed E-state index contributed by atoms with van der Waals surface area (Å²) in [7, 11) is 0. The topological polar surface area (TPSA) is 0 Å². The molecule has 0 amide bonds. The van der Waals surface area contributed by atoms with E-state index in [9.17, 15) is 0 Å². The first kappa shape index (κ1) is 12.2. The molecule has 1 aliphatic carbocycles. The Morgan fingerprint density at radius 1 is 1.00 bits per heavy atom. The van der Waals surface area contributed by atoms with Gasteiger partial charge in [0.05, 0.1) is 0 Å². The Balaban J connectivity index is 1.97. The van der Waals surface area contributed by atoms with Gasteiger partial charge in [0, 0.05) is 16.0 Å². The first-order valence-corrected chi connectivity index (χ1v) is 8.00. The van der Waals surface area contributed by atoms with Crippen molar-refractivity contribution in [2.24, 2.45) is 0 Å². The molecule has 1 aromatic heterocycles. The molecule has 0 nitrogen and oxygen atoms in total. The van der Waals surface area contributed by atoms with Crippen molar-refractivity contribution >= 4 is 21.4 Å². The van der Waals surface area contributed by atoms with E-state index in [0.717, 1.165) is 6.42 Å². The van der Waals surface area contributed by atoms with Crippen LogP contribution >= 0.6 is 11.3 Å². The summed E-state index contributed by atoms with van der Waals surface area (Å²) in [6.07, 6.45) is 1.10. The molecule has 4 rings (SSSR count). The molecule has 0 spiro atoms. The molecule has 0 saturated heterocycles. The summed E-state index contributed by atoms with van der Waals surface area (Å²) in [6.45, 7) is 6.86. The molecule has 0 unspecified atom stereocenters. The third kappa shape index (κ3) is 1.66. The number of benzene rings is 2. The Morgan fingerprint density at radius 2 is 1.80 bits per heavy atom. The maximum absolute atomic E-state index is 2.41. The molecule has 0 aliphatic heterocycles. The Hall–Kier alpha value is -1.60. The standard InChI is InChI=1S/C19H18S/c1-19(2,3)13-9-8-12-10-16-14-6-4-5-7-17(14)20-18(16)15(12)11-13/h4-9,11H,10H2,1-3H3. The van der Waals surface area contributed by atoms with E-state index in [0.29, 0.717) is 0 Å². The van der Waals surface area contributed by atoms with E-state index < -0.39 is 0 Å². The monoisotopic (exact) mass is 278 g/mol. The maximum Gasteiger partial charge on any atom is 0.0393 e. The van der Waals surface area contributed by atoms with E-state index in [1.165, 1.54) is 37.2 Å².